The van der Waals surface area contributed by atoms with E-state index in [1.54, 1.807) is 48.7 Å². The van der Waals surface area contributed by atoms with Gasteiger partial charge in [-0.15, -0.1) is 11.3 Å². The zero-order chi connectivity index (χ0) is 14.9. The summed E-state index contributed by atoms with van der Waals surface area (Å²) in [5.41, 5.74) is 1.44. The molecule has 0 fully saturated rings. The van der Waals surface area contributed by atoms with Crippen molar-refractivity contribution in [2.24, 2.45) is 0 Å². The lowest BCUT2D eigenvalue weighted by atomic mass is 10.2. The summed E-state index contributed by atoms with van der Waals surface area (Å²) in [4.78, 5) is 0.243. The van der Waals surface area contributed by atoms with E-state index in [-0.39, 0.29) is 4.90 Å². The smallest absolute Gasteiger partial charge is 0.261 e. The van der Waals surface area contributed by atoms with Gasteiger partial charge >= 0.3 is 0 Å². The first-order valence-corrected chi connectivity index (χ1v) is 8.73. The van der Waals surface area contributed by atoms with Crippen LogP contribution >= 0.6 is 11.3 Å². The molecule has 0 bridgehead atoms. The molecule has 0 saturated carbocycles. The number of hydrogen-bond donors (Lipinski definition) is 2. The number of nitrogens with one attached hydrogen (secondary N) is 2. The highest BCUT2D eigenvalue weighted by atomic mass is 32.2. The lowest BCUT2D eigenvalue weighted by Crippen LogP contribution is -2.12. The Hall–Kier alpha value is -2.05. The van der Waals surface area contributed by atoms with Crippen molar-refractivity contribution in [1.29, 1.82) is 0 Å². The summed E-state index contributed by atoms with van der Waals surface area (Å²) in [7, 11) is -1.77. The molecule has 2 N–H and O–H groups in total. The zero-order valence-corrected chi connectivity index (χ0v) is 13.0. The Kier molecular flexibility index (Phi) is 3.57. The summed E-state index contributed by atoms with van der Waals surface area (Å²) in [5, 5.41) is 5.98. The van der Waals surface area contributed by atoms with Gasteiger partial charge in [0.2, 0.25) is 0 Å². The van der Waals surface area contributed by atoms with Crippen LogP contribution in [0.3, 0.4) is 0 Å². The molecule has 0 amide bonds. The molecule has 0 unspecified atom stereocenters. The van der Waals surface area contributed by atoms with Gasteiger partial charge in [-0.25, -0.2) is 8.42 Å². The molecule has 1 aromatic heterocycles. The Balaban J connectivity index is 1.90. The van der Waals surface area contributed by atoms with Gasteiger partial charge in [0.1, 0.15) is 0 Å². The van der Waals surface area contributed by atoms with Crippen LogP contribution in [0, 0.1) is 0 Å². The maximum atomic E-state index is 12.3. The van der Waals surface area contributed by atoms with Crippen LogP contribution in [0.1, 0.15) is 0 Å². The first-order valence-electron chi connectivity index (χ1n) is 6.36. The molecule has 6 heteroatoms. The Morgan fingerprint density at radius 2 is 1.67 bits per heavy atom. The predicted octanol–water partition coefficient (Wildman–Crippen LogP) is 3.74. The normalized spacial score (nSPS) is 11.5. The van der Waals surface area contributed by atoms with Crippen molar-refractivity contribution in [2.75, 3.05) is 17.1 Å². The fraction of sp³-hybridized carbons (Fsp3) is 0.0667. The highest BCUT2D eigenvalue weighted by molar-refractivity contribution is 7.92. The van der Waals surface area contributed by atoms with Gasteiger partial charge in [0, 0.05) is 23.1 Å². The van der Waals surface area contributed by atoms with Gasteiger partial charge in [-0.1, -0.05) is 0 Å². The summed E-state index contributed by atoms with van der Waals surface area (Å²) in [6.45, 7) is 0. The highest BCUT2D eigenvalue weighted by Gasteiger charge is 2.14. The maximum absolute atomic E-state index is 12.3. The average Bonchev–Trinajstić information content (AvgIpc) is 2.94. The van der Waals surface area contributed by atoms with Crippen molar-refractivity contribution in [3.05, 3.63) is 53.9 Å². The molecule has 0 aliphatic carbocycles. The van der Waals surface area contributed by atoms with E-state index >= 15 is 0 Å². The quantitative estimate of drug-likeness (QED) is 0.770. The molecular formula is C15H14N2O2S2. The van der Waals surface area contributed by atoms with Crippen molar-refractivity contribution >= 4 is 42.8 Å². The second kappa shape index (κ2) is 5.38. The fourth-order valence-electron chi connectivity index (χ4n) is 2.04. The molecule has 0 saturated heterocycles. The van der Waals surface area contributed by atoms with E-state index in [2.05, 4.69) is 10.0 Å². The number of fused-ring (bicyclic) bond motifs is 1. The second-order valence-corrected chi connectivity index (χ2v) is 7.18. The fourth-order valence-corrected chi connectivity index (χ4v) is 3.87. The molecule has 0 aliphatic heterocycles. The summed E-state index contributed by atoms with van der Waals surface area (Å²) in [6.07, 6.45) is 0. The standard InChI is InChI=1S/C15H14N2O2S2/c1-16-12-2-5-14(6-3-12)21(18,19)17-13-4-7-15-11(10-13)8-9-20-15/h2-10,16-17H,1H3. The summed E-state index contributed by atoms with van der Waals surface area (Å²) in [6, 6.07) is 14.1. The number of thiophene rings is 1. The van der Waals surface area contributed by atoms with Gasteiger partial charge in [-0.3, -0.25) is 4.72 Å². The number of hydrogen-bond acceptors (Lipinski definition) is 4. The lowest BCUT2D eigenvalue weighted by molar-refractivity contribution is 0.601. The first kappa shape index (κ1) is 13.9. The highest BCUT2D eigenvalue weighted by Crippen LogP contribution is 2.25. The minimum atomic E-state index is -3.56. The van der Waals surface area contributed by atoms with E-state index in [9.17, 15) is 8.42 Å². The second-order valence-electron chi connectivity index (χ2n) is 4.55. The molecule has 3 rings (SSSR count). The molecule has 2 aromatic carbocycles. The molecular weight excluding hydrogens is 304 g/mol. The van der Waals surface area contributed by atoms with E-state index in [4.69, 9.17) is 0 Å². The largest absolute Gasteiger partial charge is 0.388 e. The van der Waals surface area contributed by atoms with Gasteiger partial charge in [0.15, 0.2) is 0 Å². The lowest BCUT2D eigenvalue weighted by Gasteiger charge is -2.09. The molecule has 0 atom stereocenters. The Morgan fingerprint density at radius 1 is 0.952 bits per heavy atom. The van der Waals surface area contributed by atoms with Gasteiger partial charge in [0.25, 0.3) is 10.0 Å². The molecule has 1 heterocycles. The molecule has 21 heavy (non-hydrogen) atoms. The van der Waals surface area contributed by atoms with Gasteiger partial charge < -0.3 is 5.32 Å². The minimum absolute atomic E-state index is 0.243. The topological polar surface area (TPSA) is 58.2 Å². The number of sulfonamides is 1. The molecule has 0 radical (unpaired) electrons. The molecule has 108 valence electrons. The minimum Gasteiger partial charge on any atom is -0.388 e. The Morgan fingerprint density at radius 3 is 2.38 bits per heavy atom. The predicted molar refractivity (Wildman–Crippen MR) is 88.6 cm³/mol. The van der Waals surface area contributed by atoms with Crippen molar-refractivity contribution in [3.63, 3.8) is 0 Å². The van der Waals surface area contributed by atoms with E-state index in [0.717, 1.165) is 15.8 Å². The summed E-state index contributed by atoms with van der Waals surface area (Å²) < 4.78 is 28.4. The summed E-state index contributed by atoms with van der Waals surface area (Å²) >= 11 is 1.63. The third kappa shape index (κ3) is 2.86. The van der Waals surface area contributed by atoms with E-state index in [0.29, 0.717) is 5.69 Å². The van der Waals surface area contributed by atoms with Crippen molar-refractivity contribution in [2.45, 2.75) is 4.90 Å². The van der Waals surface area contributed by atoms with Crippen molar-refractivity contribution < 1.29 is 8.42 Å². The van der Waals surface area contributed by atoms with Crippen LogP contribution in [0.2, 0.25) is 0 Å². The summed E-state index contributed by atoms with van der Waals surface area (Å²) in [5.74, 6) is 0. The van der Waals surface area contributed by atoms with E-state index < -0.39 is 10.0 Å². The monoisotopic (exact) mass is 318 g/mol. The van der Waals surface area contributed by atoms with Crippen LogP contribution < -0.4 is 10.0 Å². The first-order chi connectivity index (χ1) is 10.1. The number of rotatable bonds is 4. The number of benzene rings is 2. The van der Waals surface area contributed by atoms with Crippen LogP contribution in [-0.2, 0) is 10.0 Å². The van der Waals surface area contributed by atoms with Crippen molar-refractivity contribution in [1.82, 2.24) is 0 Å². The van der Waals surface area contributed by atoms with Crippen LogP contribution in [0.25, 0.3) is 10.1 Å². The van der Waals surface area contributed by atoms with Crippen molar-refractivity contribution in [3.8, 4) is 0 Å². The van der Waals surface area contributed by atoms with Crippen LogP contribution in [0.15, 0.2) is 58.8 Å². The Labute approximate surface area is 127 Å². The molecule has 0 aliphatic rings. The van der Waals surface area contributed by atoms with E-state index in [1.165, 1.54) is 0 Å². The van der Waals surface area contributed by atoms with Gasteiger partial charge in [-0.05, 0) is 59.3 Å². The molecule has 4 nitrogen and oxygen atoms in total. The zero-order valence-electron chi connectivity index (χ0n) is 11.3. The molecule has 3 aromatic rings. The number of anilines is 2. The van der Waals surface area contributed by atoms with Gasteiger partial charge in [0.05, 0.1) is 4.90 Å². The van der Waals surface area contributed by atoms with Crippen LogP contribution in [0.5, 0.6) is 0 Å². The third-order valence-corrected chi connectivity index (χ3v) is 5.45. The van der Waals surface area contributed by atoms with Gasteiger partial charge in [-0.2, -0.15) is 0 Å². The van der Waals surface area contributed by atoms with Crippen LogP contribution in [0.4, 0.5) is 11.4 Å². The SMILES string of the molecule is CNc1ccc(S(=O)(=O)Nc2ccc3sccc3c2)cc1. The average molecular weight is 318 g/mol. The third-order valence-electron chi connectivity index (χ3n) is 3.16. The maximum Gasteiger partial charge on any atom is 0.261 e. The molecule has 0 spiro atoms. The van der Waals surface area contributed by atoms with Crippen LogP contribution in [-0.4, -0.2) is 15.5 Å². The Bertz CT molecular complexity index is 868. The van der Waals surface area contributed by atoms with E-state index in [1.807, 2.05) is 23.6 Å².